The number of amides is 1. The zero-order chi connectivity index (χ0) is 19.4. The second-order valence-electron chi connectivity index (χ2n) is 5.78. The summed E-state index contributed by atoms with van der Waals surface area (Å²) in [6.07, 6.45) is -3.16. The number of hydrogen-bond acceptors (Lipinski definition) is 5. The number of halogens is 4. The van der Waals surface area contributed by atoms with Gasteiger partial charge in [0.05, 0.1) is 11.4 Å². The van der Waals surface area contributed by atoms with Crippen molar-refractivity contribution in [2.45, 2.75) is 30.1 Å². The second-order valence-corrected chi connectivity index (χ2v) is 7.55. The van der Waals surface area contributed by atoms with Gasteiger partial charge in [0, 0.05) is 19.1 Å². The summed E-state index contributed by atoms with van der Waals surface area (Å²) < 4.78 is 66.6. The molecule has 1 unspecified atom stereocenters. The van der Waals surface area contributed by atoms with Gasteiger partial charge in [0.1, 0.15) is 5.75 Å². The maximum atomic E-state index is 12.2. The van der Waals surface area contributed by atoms with E-state index >= 15 is 0 Å². The summed E-state index contributed by atoms with van der Waals surface area (Å²) in [5, 5.41) is 2.99. The molecule has 12 heteroatoms. The smallest absolute Gasteiger partial charge is 0.406 e. The van der Waals surface area contributed by atoms with Crippen LogP contribution < -0.4 is 14.8 Å². The Hall–Kier alpha value is -1.56. The van der Waals surface area contributed by atoms with Crippen LogP contribution in [0.25, 0.3) is 0 Å². The first-order valence-corrected chi connectivity index (χ1v) is 9.40. The van der Waals surface area contributed by atoms with Crippen LogP contribution in [-0.4, -0.2) is 58.3 Å². The maximum absolute atomic E-state index is 12.2. The summed E-state index contributed by atoms with van der Waals surface area (Å²) in [5.74, 6) is -0.872. The first kappa shape index (κ1) is 23.5. The van der Waals surface area contributed by atoms with Gasteiger partial charge in [-0.3, -0.25) is 4.79 Å². The number of carbonyl (C=O) groups excluding carboxylic acids is 1. The van der Waals surface area contributed by atoms with E-state index in [9.17, 15) is 26.4 Å². The quantitative estimate of drug-likeness (QED) is 0.683. The molecule has 1 aromatic carbocycles. The van der Waals surface area contributed by atoms with Gasteiger partial charge in [0.2, 0.25) is 15.9 Å². The molecule has 0 spiro atoms. The fraction of sp³-hybridized carbons (Fsp3) is 0.533. The Morgan fingerprint density at radius 2 is 1.93 bits per heavy atom. The van der Waals surface area contributed by atoms with Gasteiger partial charge in [-0.2, -0.15) is 0 Å². The molecule has 154 valence electrons. The molecule has 1 fully saturated rings. The van der Waals surface area contributed by atoms with Crippen LogP contribution in [-0.2, 0) is 14.8 Å². The SMILES string of the molecule is CNCC1CCCN1C(=O)CNS(=O)(=O)c1ccc(OC(F)(F)F)cc1.Cl. The lowest BCUT2D eigenvalue weighted by Crippen LogP contribution is -2.45. The van der Waals surface area contributed by atoms with Crippen LogP contribution in [0, 0.1) is 0 Å². The third kappa shape index (κ3) is 6.83. The fourth-order valence-electron chi connectivity index (χ4n) is 2.77. The molecule has 1 heterocycles. The first-order chi connectivity index (χ1) is 12.1. The first-order valence-electron chi connectivity index (χ1n) is 7.92. The molecule has 1 aliphatic heterocycles. The molecule has 1 amide bonds. The minimum absolute atomic E-state index is 0. The highest BCUT2D eigenvalue weighted by Crippen LogP contribution is 2.24. The lowest BCUT2D eigenvalue weighted by atomic mass is 10.2. The van der Waals surface area contributed by atoms with Crippen molar-refractivity contribution in [3.63, 3.8) is 0 Å². The van der Waals surface area contributed by atoms with Gasteiger partial charge in [-0.1, -0.05) is 0 Å². The van der Waals surface area contributed by atoms with E-state index in [1.54, 1.807) is 11.9 Å². The van der Waals surface area contributed by atoms with Crippen molar-refractivity contribution in [1.29, 1.82) is 0 Å². The van der Waals surface area contributed by atoms with E-state index in [1.165, 1.54) is 0 Å². The highest BCUT2D eigenvalue weighted by atomic mass is 35.5. The predicted molar refractivity (Wildman–Crippen MR) is 94.2 cm³/mol. The van der Waals surface area contributed by atoms with Crippen molar-refractivity contribution >= 4 is 28.3 Å². The molecule has 0 aromatic heterocycles. The molecule has 1 saturated heterocycles. The summed E-state index contributed by atoms with van der Waals surface area (Å²) in [7, 11) is -2.25. The van der Waals surface area contributed by atoms with E-state index in [2.05, 4.69) is 14.8 Å². The molecule has 1 aromatic rings. The van der Waals surface area contributed by atoms with Crippen molar-refractivity contribution < 1.29 is 31.1 Å². The summed E-state index contributed by atoms with van der Waals surface area (Å²) in [6.45, 7) is 0.777. The molecule has 1 aliphatic rings. The number of benzene rings is 1. The van der Waals surface area contributed by atoms with Crippen LogP contribution in [0.1, 0.15) is 12.8 Å². The summed E-state index contributed by atoms with van der Waals surface area (Å²) in [6, 6.07) is 3.78. The molecule has 7 nitrogen and oxygen atoms in total. The molecule has 0 radical (unpaired) electrons. The Kier molecular flexibility index (Phi) is 8.33. The van der Waals surface area contributed by atoms with Gasteiger partial charge in [-0.15, -0.1) is 25.6 Å². The Balaban J connectivity index is 0.00000364. The van der Waals surface area contributed by atoms with E-state index in [4.69, 9.17) is 0 Å². The monoisotopic (exact) mass is 431 g/mol. The lowest BCUT2D eigenvalue weighted by Gasteiger charge is -2.24. The third-order valence-corrected chi connectivity index (χ3v) is 5.34. The van der Waals surface area contributed by atoms with Crippen molar-refractivity contribution in [1.82, 2.24) is 14.9 Å². The van der Waals surface area contributed by atoms with Crippen LogP contribution in [0.5, 0.6) is 5.75 Å². The van der Waals surface area contributed by atoms with Crippen LogP contribution in [0.4, 0.5) is 13.2 Å². The van der Waals surface area contributed by atoms with Crippen molar-refractivity contribution in [3.8, 4) is 5.75 Å². The number of alkyl halides is 3. The largest absolute Gasteiger partial charge is 0.573 e. The predicted octanol–water partition coefficient (Wildman–Crippen LogP) is 1.50. The number of likely N-dealkylation sites (tertiary alicyclic amines) is 1. The zero-order valence-corrected chi connectivity index (χ0v) is 16.1. The summed E-state index contributed by atoms with van der Waals surface area (Å²) in [5.41, 5.74) is 0. The van der Waals surface area contributed by atoms with Crippen molar-refractivity contribution in [3.05, 3.63) is 24.3 Å². The minimum atomic E-state index is -4.86. The maximum Gasteiger partial charge on any atom is 0.573 e. The van der Waals surface area contributed by atoms with Crippen molar-refractivity contribution in [2.75, 3.05) is 26.7 Å². The average Bonchev–Trinajstić information content (AvgIpc) is 3.00. The van der Waals surface area contributed by atoms with Gasteiger partial charge in [-0.25, -0.2) is 13.1 Å². The standard InChI is InChI=1S/C15H20F3N3O4S.ClH/c1-19-9-11-3-2-8-21(11)14(22)10-20-26(23,24)13-6-4-12(5-7-13)25-15(16,17)18;/h4-7,11,19-20H,2-3,8-10H2,1H3;1H. The normalized spacial score (nSPS) is 17.5. The van der Waals surface area contributed by atoms with Gasteiger partial charge in [0.15, 0.2) is 0 Å². The van der Waals surface area contributed by atoms with Crippen LogP contribution >= 0.6 is 12.4 Å². The Morgan fingerprint density at radius 3 is 2.48 bits per heavy atom. The molecular formula is C15H21ClF3N3O4S. The Bertz CT molecular complexity index is 729. The Morgan fingerprint density at radius 1 is 1.30 bits per heavy atom. The van der Waals surface area contributed by atoms with Gasteiger partial charge in [0.25, 0.3) is 0 Å². The van der Waals surface area contributed by atoms with E-state index in [0.717, 1.165) is 37.1 Å². The highest BCUT2D eigenvalue weighted by molar-refractivity contribution is 7.89. The molecule has 2 N–H and O–H groups in total. The number of nitrogens with one attached hydrogen (secondary N) is 2. The van der Waals surface area contributed by atoms with Gasteiger partial charge >= 0.3 is 6.36 Å². The van der Waals surface area contributed by atoms with Gasteiger partial charge < -0.3 is 15.0 Å². The number of nitrogens with zero attached hydrogens (tertiary/aromatic N) is 1. The Labute approximate surface area is 161 Å². The molecule has 0 aliphatic carbocycles. The zero-order valence-electron chi connectivity index (χ0n) is 14.5. The van der Waals surface area contributed by atoms with Gasteiger partial charge in [-0.05, 0) is 44.2 Å². The number of sulfonamides is 1. The topological polar surface area (TPSA) is 87.7 Å². The average molecular weight is 432 g/mol. The van der Waals surface area contributed by atoms with Crippen LogP contribution in [0.15, 0.2) is 29.2 Å². The van der Waals surface area contributed by atoms with Crippen molar-refractivity contribution in [2.24, 2.45) is 0 Å². The highest BCUT2D eigenvalue weighted by Gasteiger charge is 2.31. The lowest BCUT2D eigenvalue weighted by molar-refractivity contribution is -0.274. The number of likely N-dealkylation sites (N-methyl/N-ethyl adjacent to an activating group) is 1. The van der Waals surface area contributed by atoms with E-state index in [1.807, 2.05) is 0 Å². The number of hydrogen-bond donors (Lipinski definition) is 2. The summed E-state index contributed by atoms with van der Waals surface area (Å²) in [4.78, 5) is 13.6. The van der Waals surface area contributed by atoms with E-state index in [-0.39, 0.29) is 29.3 Å². The van der Waals surface area contributed by atoms with Crippen LogP contribution in [0.3, 0.4) is 0 Å². The van der Waals surface area contributed by atoms with E-state index in [0.29, 0.717) is 13.1 Å². The van der Waals surface area contributed by atoms with E-state index < -0.39 is 28.7 Å². The summed E-state index contributed by atoms with van der Waals surface area (Å²) >= 11 is 0. The number of ether oxygens (including phenoxy) is 1. The minimum Gasteiger partial charge on any atom is -0.406 e. The molecule has 2 rings (SSSR count). The van der Waals surface area contributed by atoms with Crippen LogP contribution in [0.2, 0.25) is 0 Å². The fourth-order valence-corrected chi connectivity index (χ4v) is 3.75. The molecular weight excluding hydrogens is 411 g/mol. The molecule has 0 bridgehead atoms. The molecule has 0 saturated carbocycles. The number of rotatable bonds is 7. The second kappa shape index (κ2) is 9.58. The third-order valence-electron chi connectivity index (χ3n) is 3.92. The molecule has 27 heavy (non-hydrogen) atoms. The molecule has 1 atom stereocenters. The number of carbonyl (C=O) groups is 1.